The fraction of sp³-hybridized carbons (Fsp3) is 0.500. The van der Waals surface area contributed by atoms with Gasteiger partial charge in [-0.25, -0.2) is 14.2 Å². The number of hydrogen-bond donors (Lipinski definition) is 0. The average Bonchev–Trinajstić information content (AvgIpc) is 2.19. The quantitative estimate of drug-likeness (QED) is 0.760. The number of rotatable bonds is 4. The summed E-state index contributed by atoms with van der Waals surface area (Å²) >= 11 is 0. The number of aromatic nitrogens is 1. The van der Waals surface area contributed by atoms with E-state index < -0.39 is 11.8 Å². The molecule has 1 aromatic heterocycles. The molecule has 0 unspecified atom stereocenters. The predicted octanol–water partition coefficient (Wildman–Crippen LogP) is 2.57. The third kappa shape index (κ3) is 4.01. The Kier molecular flexibility index (Phi) is 4.43. The molecule has 0 aliphatic carbocycles. The third-order valence-electron chi connectivity index (χ3n) is 1.73. The number of pyridine rings is 1. The zero-order chi connectivity index (χ0) is 13.0. The minimum atomic E-state index is -0.670. The summed E-state index contributed by atoms with van der Waals surface area (Å²) in [7, 11) is 0. The molecule has 0 aliphatic rings. The van der Waals surface area contributed by atoms with Crippen molar-refractivity contribution in [2.75, 3.05) is 0 Å². The molecular weight excluding hydrogens is 225 g/mol. The van der Waals surface area contributed by atoms with E-state index in [1.165, 1.54) is 6.20 Å². The molecule has 17 heavy (non-hydrogen) atoms. The Labute approximate surface area is 99.8 Å². The van der Waals surface area contributed by atoms with E-state index >= 15 is 0 Å². The Morgan fingerprint density at radius 3 is 2.41 bits per heavy atom. The molecule has 0 radical (unpaired) electrons. The van der Waals surface area contributed by atoms with Gasteiger partial charge in [-0.15, -0.1) is 0 Å². The number of esters is 1. The van der Waals surface area contributed by atoms with Crippen LogP contribution >= 0.6 is 0 Å². The average molecular weight is 241 g/mol. The zero-order valence-electron chi connectivity index (χ0n) is 10.4. The van der Waals surface area contributed by atoms with Gasteiger partial charge in [-0.2, -0.15) is 0 Å². The summed E-state index contributed by atoms with van der Waals surface area (Å²) < 4.78 is 23.6. The summed E-state index contributed by atoms with van der Waals surface area (Å²) in [6.45, 7) is 6.97. The maximum Gasteiger partial charge on any atom is 0.340 e. The summed E-state index contributed by atoms with van der Waals surface area (Å²) in [6, 6.07) is 1.06. The zero-order valence-corrected chi connectivity index (χ0v) is 10.4. The molecule has 5 heteroatoms. The maximum atomic E-state index is 13.5. The molecule has 0 amide bonds. The van der Waals surface area contributed by atoms with Crippen LogP contribution < -0.4 is 4.74 Å². The van der Waals surface area contributed by atoms with Crippen molar-refractivity contribution in [2.45, 2.75) is 39.9 Å². The Morgan fingerprint density at radius 2 is 1.94 bits per heavy atom. The molecule has 0 N–H and O–H groups in total. The van der Waals surface area contributed by atoms with Gasteiger partial charge in [0.2, 0.25) is 0 Å². The molecule has 1 heterocycles. The van der Waals surface area contributed by atoms with E-state index in [9.17, 15) is 9.18 Å². The predicted molar refractivity (Wildman–Crippen MR) is 60.5 cm³/mol. The van der Waals surface area contributed by atoms with E-state index in [2.05, 4.69) is 4.98 Å². The van der Waals surface area contributed by atoms with Crippen molar-refractivity contribution in [3.8, 4) is 5.88 Å². The van der Waals surface area contributed by atoms with Gasteiger partial charge in [-0.3, -0.25) is 0 Å². The van der Waals surface area contributed by atoms with Gasteiger partial charge in [0.05, 0.1) is 17.8 Å². The van der Waals surface area contributed by atoms with Crippen molar-refractivity contribution in [1.29, 1.82) is 0 Å². The molecule has 1 rings (SSSR count). The summed E-state index contributed by atoms with van der Waals surface area (Å²) in [4.78, 5) is 15.2. The molecule has 0 saturated heterocycles. The number of hydrogen-bond acceptors (Lipinski definition) is 4. The van der Waals surface area contributed by atoms with Crippen LogP contribution in [0.3, 0.4) is 0 Å². The molecule has 1 aromatic rings. The van der Waals surface area contributed by atoms with Gasteiger partial charge in [0.25, 0.3) is 5.88 Å². The second-order valence-electron chi connectivity index (χ2n) is 4.13. The molecule has 94 valence electrons. The lowest BCUT2D eigenvalue weighted by molar-refractivity contribution is 0.0376. The smallest absolute Gasteiger partial charge is 0.340 e. The van der Waals surface area contributed by atoms with Gasteiger partial charge in [-0.1, -0.05) is 0 Å². The lowest BCUT2D eigenvalue weighted by Crippen LogP contribution is -2.13. The lowest BCUT2D eigenvalue weighted by atomic mass is 10.3. The molecular formula is C12H16FNO3. The van der Waals surface area contributed by atoms with Gasteiger partial charge >= 0.3 is 5.97 Å². The summed E-state index contributed by atoms with van der Waals surface area (Å²) in [5.74, 6) is -1.37. The first kappa shape index (κ1) is 13.4. The topological polar surface area (TPSA) is 48.4 Å². The number of ether oxygens (including phenoxy) is 2. The van der Waals surface area contributed by atoms with Gasteiger partial charge < -0.3 is 9.47 Å². The highest BCUT2D eigenvalue weighted by Crippen LogP contribution is 2.16. The summed E-state index contributed by atoms with van der Waals surface area (Å²) in [6.07, 6.45) is 0.813. The van der Waals surface area contributed by atoms with Gasteiger partial charge in [0.1, 0.15) is 0 Å². The van der Waals surface area contributed by atoms with Crippen molar-refractivity contribution in [1.82, 2.24) is 4.98 Å². The van der Waals surface area contributed by atoms with E-state index in [1.807, 2.05) is 0 Å². The van der Waals surface area contributed by atoms with Crippen LogP contribution in [0.25, 0.3) is 0 Å². The van der Waals surface area contributed by atoms with E-state index in [-0.39, 0.29) is 23.7 Å². The SMILES string of the molecule is CC(C)OC(=O)c1cnc(OC(C)C)c(F)c1. The van der Waals surface area contributed by atoms with Gasteiger partial charge in [-0.05, 0) is 33.8 Å². The monoisotopic (exact) mass is 241 g/mol. The van der Waals surface area contributed by atoms with Crippen molar-refractivity contribution < 1.29 is 18.7 Å². The van der Waals surface area contributed by atoms with Crippen LogP contribution in [-0.2, 0) is 4.74 Å². The highest BCUT2D eigenvalue weighted by Gasteiger charge is 2.14. The van der Waals surface area contributed by atoms with Crippen LogP contribution in [0.4, 0.5) is 4.39 Å². The first-order valence-corrected chi connectivity index (χ1v) is 5.43. The van der Waals surface area contributed by atoms with Gasteiger partial charge in [0.15, 0.2) is 5.82 Å². The van der Waals surface area contributed by atoms with E-state index in [1.54, 1.807) is 27.7 Å². The first-order valence-electron chi connectivity index (χ1n) is 5.43. The molecule has 0 atom stereocenters. The van der Waals surface area contributed by atoms with Crippen LogP contribution in [0.5, 0.6) is 5.88 Å². The van der Waals surface area contributed by atoms with Gasteiger partial charge in [0, 0.05) is 6.20 Å². The van der Waals surface area contributed by atoms with Crippen molar-refractivity contribution >= 4 is 5.97 Å². The standard InChI is InChI=1S/C12H16FNO3/c1-7(2)16-11-10(13)5-9(6-14-11)12(15)17-8(3)4/h5-8H,1-4H3. The minimum absolute atomic E-state index is 0.0762. The fourth-order valence-electron chi connectivity index (χ4n) is 1.13. The molecule has 0 aromatic carbocycles. The molecule has 4 nitrogen and oxygen atoms in total. The second-order valence-corrected chi connectivity index (χ2v) is 4.13. The molecule has 0 spiro atoms. The summed E-state index contributed by atoms with van der Waals surface area (Å²) in [5.41, 5.74) is 0.0762. The Bertz CT molecular complexity index is 405. The minimum Gasteiger partial charge on any atom is -0.473 e. The number of halogens is 1. The van der Waals surface area contributed by atoms with Crippen LogP contribution in [0.1, 0.15) is 38.1 Å². The largest absolute Gasteiger partial charge is 0.473 e. The third-order valence-corrected chi connectivity index (χ3v) is 1.73. The summed E-state index contributed by atoms with van der Waals surface area (Å²) in [5, 5.41) is 0. The highest BCUT2D eigenvalue weighted by atomic mass is 19.1. The molecule has 0 saturated carbocycles. The molecule has 0 aliphatic heterocycles. The van der Waals surface area contributed by atoms with Crippen LogP contribution in [0, 0.1) is 5.82 Å². The lowest BCUT2D eigenvalue weighted by Gasteiger charge is -2.11. The van der Waals surface area contributed by atoms with E-state index in [0.29, 0.717) is 0 Å². The Morgan fingerprint density at radius 1 is 1.29 bits per heavy atom. The van der Waals surface area contributed by atoms with Crippen LogP contribution in [0.15, 0.2) is 12.3 Å². The van der Waals surface area contributed by atoms with Crippen LogP contribution in [0.2, 0.25) is 0 Å². The number of nitrogens with zero attached hydrogens (tertiary/aromatic N) is 1. The first-order chi connectivity index (χ1) is 7.90. The second kappa shape index (κ2) is 5.61. The Balaban J connectivity index is 2.85. The fourth-order valence-corrected chi connectivity index (χ4v) is 1.13. The number of carbonyl (C=O) groups is 1. The van der Waals surface area contributed by atoms with Crippen molar-refractivity contribution in [3.05, 3.63) is 23.6 Å². The normalized spacial score (nSPS) is 10.8. The highest BCUT2D eigenvalue weighted by molar-refractivity contribution is 5.89. The van der Waals surface area contributed by atoms with Crippen LogP contribution in [-0.4, -0.2) is 23.2 Å². The van der Waals surface area contributed by atoms with E-state index in [4.69, 9.17) is 9.47 Å². The van der Waals surface area contributed by atoms with E-state index in [0.717, 1.165) is 6.07 Å². The maximum absolute atomic E-state index is 13.5. The van der Waals surface area contributed by atoms with Crippen molar-refractivity contribution in [2.24, 2.45) is 0 Å². The Hall–Kier alpha value is -1.65. The number of carbonyl (C=O) groups excluding carboxylic acids is 1. The molecule has 0 bridgehead atoms. The van der Waals surface area contributed by atoms with Crippen molar-refractivity contribution in [3.63, 3.8) is 0 Å². The molecule has 0 fully saturated rings.